The smallest absolute Gasteiger partial charge is 0.282 e. The fourth-order valence-corrected chi connectivity index (χ4v) is 3.00. The van der Waals surface area contributed by atoms with E-state index in [2.05, 4.69) is 29.5 Å². The number of hydrogen-bond acceptors (Lipinski definition) is 4. The summed E-state index contributed by atoms with van der Waals surface area (Å²) >= 11 is 0.908. The molecule has 2 aromatic rings. The number of unbranched alkanes of at least 4 members (excludes halogenated alkanes) is 1. The third-order valence-electron chi connectivity index (χ3n) is 3.56. The van der Waals surface area contributed by atoms with Crippen LogP contribution in [0.5, 0.6) is 0 Å². The second-order valence-corrected chi connectivity index (χ2v) is 6.36. The number of nitrogens with zero attached hydrogens (tertiary/aromatic N) is 2. The van der Waals surface area contributed by atoms with Crippen molar-refractivity contribution in [3.63, 3.8) is 0 Å². The summed E-state index contributed by atoms with van der Waals surface area (Å²) in [7, 11) is 0. The molecule has 0 bridgehead atoms. The van der Waals surface area contributed by atoms with Crippen LogP contribution >= 0.6 is 11.8 Å². The van der Waals surface area contributed by atoms with Crippen LogP contribution in [0.4, 0.5) is 4.79 Å². The van der Waals surface area contributed by atoms with Gasteiger partial charge in [0.25, 0.3) is 11.1 Å². The fraction of sp³-hybridized carbons (Fsp3) is 0.235. The number of amides is 2. The summed E-state index contributed by atoms with van der Waals surface area (Å²) in [6.45, 7) is 2.19. The lowest BCUT2D eigenvalue weighted by Gasteiger charge is -2.03. The molecule has 0 saturated carbocycles. The van der Waals surface area contributed by atoms with Crippen LogP contribution in [0.2, 0.25) is 0 Å². The molecule has 1 aliphatic heterocycles. The second kappa shape index (κ2) is 6.83. The van der Waals surface area contributed by atoms with Gasteiger partial charge < -0.3 is 0 Å². The van der Waals surface area contributed by atoms with Gasteiger partial charge in [-0.3, -0.25) is 14.9 Å². The van der Waals surface area contributed by atoms with Crippen molar-refractivity contribution in [3.05, 3.63) is 52.7 Å². The van der Waals surface area contributed by atoms with Crippen LogP contribution in [0.15, 0.2) is 41.6 Å². The first-order chi connectivity index (χ1) is 11.2. The molecule has 3 rings (SSSR count). The van der Waals surface area contributed by atoms with Gasteiger partial charge in [0.1, 0.15) is 0 Å². The SMILES string of the molecule is CCCCc1ccc(-n2cc(/C=C3\SC(=O)NC3=O)cn2)cc1. The van der Waals surface area contributed by atoms with Crippen LogP contribution in [0.25, 0.3) is 11.8 Å². The van der Waals surface area contributed by atoms with Gasteiger partial charge in [0.05, 0.1) is 16.8 Å². The van der Waals surface area contributed by atoms with Gasteiger partial charge in [0, 0.05) is 11.8 Å². The zero-order valence-corrected chi connectivity index (χ0v) is 13.6. The van der Waals surface area contributed by atoms with Gasteiger partial charge in [-0.1, -0.05) is 25.5 Å². The minimum absolute atomic E-state index is 0.337. The molecule has 2 heterocycles. The highest BCUT2D eigenvalue weighted by molar-refractivity contribution is 8.18. The zero-order valence-electron chi connectivity index (χ0n) is 12.8. The molecule has 0 unspecified atom stereocenters. The first-order valence-electron chi connectivity index (χ1n) is 7.54. The van der Waals surface area contributed by atoms with Crippen LogP contribution < -0.4 is 5.32 Å². The Kier molecular flexibility index (Phi) is 4.62. The normalized spacial score (nSPS) is 16.1. The molecule has 0 radical (unpaired) electrons. The van der Waals surface area contributed by atoms with Crippen LogP contribution in [-0.2, 0) is 11.2 Å². The van der Waals surface area contributed by atoms with Crippen LogP contribution in [-0.4, -0.2) is 20.9 Å². The summed E-state index contributed by atoms with van der Waals surface area (Å²) in [6.07, 6.45) is 8.65. The lowest BCUT2D eigenvalue weighted by Crippen LogP contribution is -2.17. The van der Waals surface area contributed by atoms with E-state index in [0.717, 1.165) is 29.4 Å². The van der Waals surface area contributed by atoms with E-state index in [1.165, 1.54) is 18.4 Å². The van der Waals surface area contributed by atoms with Crippen molar-refractivity contribution in [2.24, 2.45) is 0 Å². The molecule has 1 saturated heterocycles. The largest absolute Gasteiger partial charge is 0.290 e. The van der Waals surface area contributed by atoms with Crippen molar-refractivity contribution in [1.29, 1.82) is 0 Å². The molecular weight excluding hydrogens is 310 g/mol. The lowest BCUT2D eigenvalue weighted by atomic mass is 10.1. The molecule has 1 aromatic heterocycles. The highest BCUT2D eigenvalue weighted by atomic mass is 32.2. The molecule has 0 atom stereocenters. The number of aryl methyl sites for hydroxylation is 1. The van der Waals surface area contributed by atoms with Crippen molar-refractivity contribution in [2.75, 3.05) is 0 Å². The molecule has 5 nitrogen and oxygen atoms in total. The average Bonchev–Trinajstić information content (AvgIpc) is 3.13. The van der Waals surface area contributed by atoms with Gasteiger partial charge in [-0.25, -0.2) is 4.68 Å². The highest BCUT2D eigenvalue weighted by Gasteiger charge is 2.25. The van der Waals surface area contributed by atoms with E-state index in [1.54, 1.807) is 17.0 Å². The van der Waals surface area contributed by atoms with Crippen molar-refractivity contribution in [2.45, 2.75) is 26.2 Å². The maximum Gasteiger partial charge on any atom is 0.290 e. The Morgan fingerprint density at radius 2 is 2.04 bits per heavy atom. The number of benzene rings is 1. The zero-order chi connectivity index (χ0) is 16.2. The summed E-state index contributed by atoms with van der Waals surface area (Å²) < 4.78 is 1.76. The van der Waals surface area contributed by atoms with Crippen molar-refractivity contribution < 1.29 is 9.59 Å². The number of nitrogens with one attached hydrogen (secondary N) is 1. The van der Waals surface area contributed by atoms with E-state index in [0.29, 0.717) is 4.91 Å². The molecule has 118 valence electrons. The first kappa shape index (κ1) is 15.6. The molecule has 1 aliphatic rings. The van der Waals surface area contributed by atoms with Gasteiger partial charge in [-0.2, -0.15) is 5.10 Å². The summed E-state index contributed by atoms with van der Waals surface area (Å²) in [6, 6.07) is 8.30. The molecule has 2 amide bonds. The number of thioether (sulfide) groups is 1. The van der Waals surface area contributed by atoms with Crippen LogP contribution in [0.1, 0.15) is 30.9 Å². The third kappa shape index (κ3) is 3.71. The van der Waals surface area contributed by atoms with Crippen molar-refractivity contribution >= 4 is 29.0 Å². The average molecular weight is 327 g/mol. The monoisotopic (exact) mass is 327 g/mol. The van der Waals surface area contributed by atoms with Gasteiger partial charge >= 0.3 is 0 Å². The first-order valence-corrected chi connectivity index (χ1v) is 8.36. The Hall–Kier alpha value is -2.34. The second-order valence-electron chi connectivity index (χ2n) is 5.34. The minimum Gasteiger partial charge on any atom is -0.282 e. The topological polar surface area (TPSA) is 64.0 Å². The van der Waals surface area contributed by atoms with E-state index in [9.17, 15) is 9.59 Å². The molecule has 1 aromatic carbocycles. The highest BCUT2D eigenvalue weighted by Crippen LogP contribution is 2.25. The van der Waals surface area contributed by atoms with E-state index in [-0.39, 0.29) is 11.1 Å². The van der Waals surface area contributed by atoms with Gasteiger partial charge in [0.2, 0.25) is 0 Å². The summed E-state index contributed by atoms with van der Waals surface area (Å²) in [5.41, 5.74) is 3.07. The third-order valence-corrected chi connectivity index (χ3v) is 4.37. The van der Waals surface area contributed by atoms with Crippen LogP contribution in [0, 0.1) is 0 Å². The maximum absolute atomic E-state index is 11.5. The number of rotatable bonds is 5. The van der Waals surface area contributed by atoms with E-state index in [1.807, 2.05) is 18.3 Å². The van der Waals surface area contributed by atoms with E-state index >= 15 is 0 Å². The molecule has 23 heavy (non-hydrogen) atoms. The van der Waals surface area contributed by atoms with Gasteiger partial charge in [0.15, 0.2) is 0 Å². The molecular formula is C17H17N3O2S. The molecule has 6 heteroatoms. The summed E-state index contributed by atoms with van der Waals surface area (Å²) in [4.78, 5) is 23.1. The van der Waals surface area contributed by atoms with Crippen LogP contribution in [0.3, 0.4) is 0 Å². The maximum atomic E-state index is 11.5. The summed E-state index contributed by atoms with van der Waals surface area (Å²) in [5, 5.41) is 6.21. The Morgan fingerprint density at radius 3 is 2.70 bits per heavy atom. The number of carbonyl (C=O) groups is 2. The number of imide groups is 1. The predicted octanol–water partition coefficient (Wildman–Crippen LogP) is 3.54. The predicted molar refractivity (Wildman–Crippen MR) is 91.3 cm³/mol. The van der Waals surface area contributed by atoms with Gasteiger partial charge in [-0.05, 0) is 48.4 Å². The lowest BCUT2D eigenvalue weighted by molar-refractivity contribution is -0.115. The van der Waals surface area contributed by atoms with Gasteiger partial charge in [-0.15, -0.1) is 0 Å². The quantitative estimate of drug-likeness (QED) is 0.853. The van der Waals surface area contributed by atoms with E-state index in [4.69, 9.17) is 0 Å². The molecule has 1 N–H and O–H groups in total. The Labute approximate surface area is 138 Å². The molecule has 0 aliphatic carbocycles. The van der Waals surface area contributed by atoms with Crippen molar-refractivity contribution in [3.8, 4) is 5.69 Å². The number of hydrogen-bond donors (Lipinski definition) is 1. The number of carbonyl (C=O) groups excluding carboxylic acids is 2. The molecule has 1 fully saturated rings. The van der Waals surface area contributed by atoms with E-state index < -0.39 is 0 Å². The molecule has 0 spiro atoms. The Bertz CT molecular complexity index is 762. The minimum atomic E-state index is -0.354. The summed E-state index contributed by atoms with van der Waals surface area (Å²) in [5.74, 6) is -0.354. The van der Waals surface area contributed by atoms with Crippen molar-refractivity contribution in [1.82, 2.24) is 15.1 Å². The fourth-order valence-electron chi connectivity index (χ4n) is 2.32. The number of aromatic nitrogens is 2. The Morgan fingerprint density at radius 1 is 1.26 bits per heavy atom. The standard InChI is InChI=1S/C17H17N3O2S/c1-2-3-4-12-5-7-14(8-6-12)20-11-13(10-18-20)9-15-16(21)19-17(22)23-15/h5-11H,2-4H2,1H3,(H,19,21,22)/b15-9-. The Balaban J connectivity index is 1.75.